The van der Waals surface area contributed by atoms with E-state index >= 15 is 0 Å². The highest BCUT2D eigenvalue weighted by Gasteiger charge is 2.38. The van der Waals surface area contributed by atoms with Crippen LogP contribution in [-0.4, -0.2) is 56.7 Å². The van der Waals surface area contributed by atoms with Crippen LogP contribution in [0, 0.1) is 5.41 Å². The summed E-state index contributed by atoms with van der Waals surface area (Å²) in [6.45, 7) is 5.77. The smallest absolute Gasteiger partial charge is 0.227 e. The topological polar surface area (TPSA) is 67.6 Å². The molecule has 0 bridgehead atoms. The predicted octanol–water partition coefficient (Wildman–Crippen LogP) is 1.19. The average molecular weight is 342 g/mol. The van der Waals surface area contributed by atoms with Crippen LogP contribution in [0.15, 0.2) is 0 Å². The molecule has 0 saturated carbocycles. The van der Waals surface area contributed by atoms with E-state index in [1.54, 1.807) is 0 Å². The van der Waals surface area contributed by atoms with E-state index in [0.717, 1.165) is 25.9 Å². The van der Waals surface area contributed by atoms with Gasteiger partial charge in [0.1, 0.15) is 0 Å². The van der Waals surface area contributed by atoms with Gasteiger partial charge in [0.15, 0.2) is 0 Å². The Bertz CT molecular complexity index is 294. The van der Waals surface area contributed by atoms with Crippen LogP contribution in [0.2, 0.25) is 0 Å². The molecule has 5 nitrogen and oxygen atoms in total. The molecule has 0 aromatic rings. The second-order valence-electron chi connectivity index (χ2n) is 5.76. The Kier molecular flexibility index (Phi) is 10.6. The minimum absolute atomic E-state index is 0. The van der Waals surface area contributed by atoms with Gasteiger partial charge in [-0.15, -0.1) is 24.8 Å². The molecule has 2 aliphatic rings. The fourth-order valence-electron chi connectivity index (χ4n) is 2.98. The van der Waals surface area contributed by atoms with Crippen molar-refractivity contribution in [2.45, 2.75) is 32.1 Å². The molecule has 3 N–H and O–H groups in total. The molecular formula is C14H29Cl2N3O2. The van der Waals surface area contributed by atoms with Gasteiger partial charge < -0.3 is 20.7 Å². The molecule has 2 heterocycles. The van der Waals surface area contributed by atoms with Gasteiger partial charge in [-0.25, -0.2) is 0 Å². The van der Waals surface area contributed by atoms with Crippen molar-refractivity contribution < 1.29 is 9.53 Å². The van der Waals surface area contributed by atoms with Gasteiger partial charge in [0.2, 0.25) is 5.91 Å². The zero-order valence-electron chi connectivity index (χ0n) is 12.6. The summed E-state index contributed by atoms with van der Waals surface area (Å²) >= 11 is 0. The van der Waals surface area contributed by atoms with E-state index in [1.165, 1.54) is 32.4 Å². The van der Waals surface area contributed by atoms with E-state index in [2.05, 4.69) is 10.2 Å². The van der Waals surface area contributed by atoms with E-state index in [0.29, 0.717) is 19.8 Å². The van der Waals surface area contributed by atoms with E-state index in [9.17, 15) is 4.79 Å². The molecule has 0 spiro atoms. The van der Waals surface area contributed by atoms with Crippen LogP contribution in [0.3, 0.4) is 0 Å². The summed E-state index contributed by atoms with van der Waals surface area (Å²) in [4.78, 5) is 14.8. The molecule has 0 unspecified atom stereocenters. The van der Waals surface area contributed by atoms with Crippen LogP contribution in [-0.2, 0) is 9.53 Å². The predicted molar refractivity (Wildman–Crippen MR) is 89.3 cm³/mol. The third-order valence-corrected chi connectivity index (χ3v) is 4.48. The Morgan fingerprint density at radius 3 is 2.33 bits per heavy atom. The van der Waals surface area contributed by atoms with Crippen LogP contribution in [0.25, 0.3) is 0 Å². The third-order valence-electron chi connectivity index (χ3n) is 4.48. The molecule has 1 amide bonds. The standard InChI is InChI=1S/C14H27N3O2.2ClH/c15-12-14(4-10-19-11-5-14)13(18)16-6-9-17-7-2-1-3-8-17;;/h1-12,15H2,(H,16,18);2*1H. The number of nitrogens with zero attached hydrogens (tertiary/aromatic N) is 1. The maximum Gasteiger partial charge on any atom is 0.227 e. The fourth-order valence-corrected chi connectivity index (χ4v) is 2.98. The van der Waals surface area contributed by atoms with Crippen LogP contribution in [0.1, 0.15) is 32.1 Å². The number of hydrogen-bond acceptors (Lipinski definition) is 4. The van der Waals surface area contributed by atoms with Crippen molar-refractivity contribution in [1.29, 1.82) is 0 Å². The maximum atomic E-state index is 12.3. The average Bonchev–Trinajstić information content (AvgIpc) is 2.49. The number of nitrogens with one attached hydrogen (secondary N) is 1. The van der Waals surface area contributed by atoms with Gasteiger partial charge in [-0.1, -0.05) is 6.42 Å². The summed E-state index contributed by atoms with van der Waals surface area (Å²) in [7, 11) is 0. The fraction of sp³-hybridized carbons (Fsp3) is 0.929. The molecule has 2 saturated heterocycles. The number of amides is 1. The van der Waals surface area contributed by atoms with Gasteiger partial charge in [-0.3, -0.25) is 4.79 Å². The molecule has 0 atom stereocenters. The number of halogens is 2. The summed E-state index contributed by atoms with van der Waals surface area (Å²) < 4.78 is 5.33. The lowest BCUT2D eigenvalue weighted by molar-refractivity contribution is -0.135. The highest BCUT2D eigenvalue weighted by Crippen LogP contribution is 2.29. The van der Waals surface area contributed by atoms with E-state index in [1.807, 2.05) is 0 Å². The molecule has 0 aromatic carbocycles. The normalized spacial score (nSPS) is 21.8. The molecule has 126 valence electrons. The SMILES string of the molecule is Cl.Cl.NCC1(C(=O)NCCN2CCCCC2)CCOCC1. The number of hydrogen-bond donors (Lipinski definition) is 2. The van der Waals surface area contributed by atoms with Gasteiger partial charge in [-0.05, 0) is 38.8 Å². The van der Waals surface area contributed by atoms with Gasteiger partial charge in [0, 0.05) is 32.8 Å². The molecule has 7 heteroatoms. The first-order chi connectivity index (χ1) is 9.27. The first kappa shape index (κ1) is 20.9. The quantitative estimate of drug-likeness (QED) is 0.788. The molecule has 0 aromatic heterocycles. The van der Waals surface area contributed by atoms with Gasteiger partial charge >= 0.3 is 0 Å². The van der Waals surface area contributed by atoms with E-state index in [4.69, 9.17) is 10.5 Å². The Balaban J connectivity index is 0.00000200. The number of ether oxygens (including phenoxy) is 1. The summed E-state index contributed by atoms with van der Waals surface area (Å²) in [6.07, 6.45) is 5.42. The lowest BCUT2D eigenvalue weighted by Crippen LogP contribution is -2.50. The Morgan fingerprint density at radius 1 is 1.14 bits per heavy atom. The van der Waals surface area contributed by atoms with Crippen LogP contribution >= 0.6 is 24.8 Å². The first-order valence-electron chi connectivity index (χ1n) is 7.55. The molecule has 2 rings (SSSR count). The van der Waals surface area contributed by atoms with Crippen LogP contribution in [0.4, 0.5) is 0 Å². The molecule has 21 heavy (non-hydrogen) atoms. The molecular weight excluding hydrogens is 313 g/mol. The lowest BCUT2D eigenvalue weighted by atomic mass is 9.79. The number of rotatable bonds is 5. The second kappa shape index (κ2) is 10.6. The van der Waals surface area contributed by atoms with Crippen molar-refractivity contribution in [3.05, 3.63) is 0 Å². The zero-order valence-corrected chi connectivity index (χ0v) is 14.3. The van der Waals surface area contributed by atoms with Crippen molar-refractivity contribution >= 4 is 30.7 Å². The highest BCUT2D eigenvalue weighted by molar-refractivity contribution is 5.85. The zero-order chi connectivity index (χ0) is 13.6. The minimum Gasteiger partial charge on any atom is -0.381 e. The Labute approximate surface area is 140 Å². The van der Waals surface area contributed by atoms with Crippen molar-refractivity contribution in [2.24, 2.45) is 11.1 Å². The highest BCUT2D eigenvalue weighted by atomic mass is 35.5. The maximum absolute atomic E-state index is 12.3. The minimum atomic E-state index is -0.389. The van der Waals surface area contributed by atoms with Crippen LogP contribution in [0.5, 0.6) is 0 Å². The Hall–Kier alpha value is -0.0700. The van der Waals surface area contributed by atoms with Gasteiger partial charge in [-0.2, -0.15) is 0 Å². The van der Waals surface area contributed by atoms with Crippen molar-refractivity contribution in [1.82, 2.24) is 10.2 Å². The number of nitrogens with two attached hydrogens (primary N) is 1. The number of carbonyl (C=O) groups is 1. The number of piperidine rings is 1. The van der Waals surface area contributed by atoms with Gasteiger partial charge in [0.05, 0.1) is 5.41 Å². The number of likely N-dealkylation sites (tertiary alicyclic amines) is 1. The second-order valence-corrected chi connectivity index (χ2v) is 5.76. The summed E-state index contributed by atoms with van der Waals surface area (Å²) in [5, 5.41) is 3.08. The lowest BCUT2D eigenvalue weighted by Gasteiger charge is -2.35. The van der Waals surface area contributed by atoms with E-state index < -0.39 is 0 Å². The van der Waals surface area contributed by atoms with Crippen molar-refractivity contribution in [2.75, 3.05) is 45.9 Å². The monoisotopic (exact) mass is 341 g/mol. The summed E-state index contributed by atoms with van der Waals surface area (Å²) in [6, 6.07) is 0. The molecule has 2 fully saturated rings. The van der Waals surface area contributed by atoms with Crippen molar-refractivity contribution in [3.63, 3.8) is 0 Å². The summed E-state index contributed by atoms with van der Waals surface area (Å²) in [5.74, 6) is 0.121. The van der Waals surface area contributed by atoms with Crippen LogP contribution < -0.4 is 11.1 Å². The Morgan fingerprint density at radius 2 is 1.76 bits per heavy atom. The molecule has 2 aliphatic heterocycles. The first-order valence-corrected chi connectivity index (χ1v) is 7.55. The largest absolute Gasteiger partial charge is 0.381 e. The molecule has 0 radical (unpaired) electrons. The third kappa shape index (κ3) is 5.91. The van der Waals surface area contributed by atoms with E-state index in [-0.39, 0.29) is 36.1 Å². The summed E-state index contributed by atoms with van der Waals surface area (Å²) in [5.41, 5.74) is 5.44. The number of carbonyl (C=O) groups excluding carboxylic acids is 1. The molecule has 0 aliphatic carbocycles. The van der Waals surface area contributed by atoms with Gasteiger partial charge in [0.25, 0.3) is 0 Å². The van der Waals surface area contributed by atoms with Crippen molar-refractivity contribution in [3.8, 4) is 0 Å².